The van der Waals surface area contributed by atoms with Crippen LogP contribution < -0.4 is 5.56 Å². The predicted octanol–water partition coefficient (Wildman–Crippen LogP) is 1.91. The fraction of sp³-hybridized carbons (Fsp3) is 0.400. The van der Waals surface area contributed by atoms with Crippen molar-refractivity contribution in [2.75, 3.05) is 6.54 Å². The molecule has 27 heavy (non-hydrogen) atoms. The van der Waals surface area contributed by atoms with Crippen LogP contribution in [0.5, 0.6) is 0 Å². The molecule has 1 aliphatic heterocycles. The van der Waals surface area contributed by atoms with Crippen LogP contribution in [0.15, 0.2) is 35.1 Å². The van der Waals surface area contributed by atoms with E-state index in [0.717, 1.165) is 54.3 Å². The monoisotopic (exact) mass is 363 g/mol. The molecule has 7 heteroatoms. The lowest BCUT2D eigenvalue weighted by molar-refractivity contribution is 0.0716. The summed E-state index contributed by atoms with van der Waals surface area (Å²) in [5, 5.41) is 12.6. The van der Waals surface area contributed by atoms with Crippen LogP contribution in [0.2, 0.25) is 0 Å². The molecule has 1 unspecified atom stereocenters. The van der Waals surface area contributed by atoms with Gasteiger partial charge in [0.1, 0.15) is 0 Å². The Morgan fingerprint density at radius 2 is 2.11 bits per heavy atom. The Morgan fingerprint density at radius 3 is 3.04 bits per heavy atom. The van der Waals surface area contributed by atoms with Gasteiger partial charge in [-0.15, -0.1) is 0 Å². The van der Waals surface area contributed by atoms with Crippen molar-refractivity contribution in [2.45, 2.75) is 44.7 Å². The number of nitrogens with one attached hydrogen (secondary N) is 1. The number of carbonyl (C=O) groups is 1. The lowest BCUT2D eigenvalue weighted by Crippen LogP contribution is -2.41. The third-order valence-corrected chi connectivity index (χ3v) is 5.72. The fourth-order valence-electron chi connectivity index (χ4n) is 4.33. The molecule has 1 atom stereocenters. The Labute approximate surface area is 156 Å². The Hall–Kier alpha value is -2.96. The largest absolute Gasteiger partial charge is 0.332 e. The number of para-hydroxylation sites is 1. The SMILES string of the molecule is O=C(c1n[nH]c2ccccc12)N1CCCC1Cn1nc2c(cc1=O)CCC2. The lowest BCUT2D eigenvalue weighted by atomic mass is 10.1. The standard InChI is InChI=1S/C20H21N5O2/c26-18-11-13-5-3-9-16(13)23-25(18)12-14-6-4-10-24(14)20(27)19-15-7-1-2-8-17(15)21-22-19/h1-2,7-8,11,14H,3-6,9-10,12H2,(H,21,22). The molecule has 1 fully saturated rings. The first-order chi connectivity index (χ1) is 13.2. The summed E-state index contributed by atoms with van der Waals surface area (Å²) < 4.78 is 1.54. The molecule has 2 aromatic heterocycles. The molecule has 0 saturated carbocycles. The lowest BCUT2D eigenvalue weighted by Gasteiger charge is -2.24. The van der Waals surface area contributed by atoms with Crippen LogP contribution in [0.1, 0.15) is 41.0 Å². The third kappa shape index (κ3) is 2.74. The summed E-state index contributed by atoms with van der Waals surface area (Å²) >= 11 is 0. The van der Waals surface area contributed by atoms with Crippen molar-refractivity contribution in [3.05, 3.63) is 57.6 Å². The molecule has 1 aliphatic carbocycles. The number of aryl methyl sites for hydroxylation is 2. The number of carbonyl (C=O) groups excluding carboxylic acids is 1. The minimum Gasteiger partial charge on any atom is -0.332 e. The van der Waals surface area contributed by atoms with Gasteiger partial charge in [-0.1, -0.05) is 18.2 Å². The molecule has 1 amide bonds. The van der Waals surface area contributed by atoms with Gasteiger partial charge in [-0.25, -0.2) is 4.68 Å². The number of amides is 1. The normalized spacial score (nSPS) is 19.0. The number of hydrogen-bond acceptors (Lipinski definition) is 4. The Kier molecular flexibility index (Phi) is 3.81. The second-order valence-corrected chi connectivity index (χ2v) is 7.40. The van der Waals surface area contributed by atoms with E-state index in [0.29, 0.717) is 18.8 Å². The molecule has 0 bridgehead atoms. The Morgan fingerprint density at radius 1 is 1.22 bits per heavy atom. The van der Waals surface area contributed by atoms with Crippen LogP contribution in [0, 0.1) is 0 Å². The molecular weight excluding hydrogens is 342 g/mol. The minimum atomic E-state index is -0.0795. The van der Waals surface area contributed by atoms with Crippen LogP contribution >= 0.6 is 0 Å². The molecule has 138 valence electrons. The zero-order chi connectivity index (χ0) is 18.4. The van der Waals surface area contributed by atoms with Gasteiger partial charge in [0.05, 0.1) is 23.8 Å². The van der Waals surface area contributed by atoms with E-state index in [1.165, 1.54) is 0 Å². The highest BCUT2D eigenvalue weighted by Gasteiger charge is 2.32. The predicted molar refractivity (Wildman–Crippen MR) is 101 cm³/mol. The molecule has 1 saturated heterocycles. The van der Waals surface area contributed by atoms with Crippen LogP contribution in [-0.4, -0.2) is 43.4 Å². The number of likely N-dealkylation sites (tertiary alicyclic amines) is 1. The van der Waals surface area contributed by atoms with Gasteiger partial charge < -0.3 is 4.90 Å². The van der Waals surface area contributed by atoms with Crippen LogP contribution in [0.3, 0.4) is 0 Å². The summed E-state index contributed by atoms with van der Waals surface area (Å²) in [6.07, 6.45) is 4.74. The van der Waals surface area contributed by atoms with Crippen molar-refractivity contribution < 1.29 is 4.79 Å². The van der Waals surface area contributed by atoms with Crippen LogP contribution in [0.4, 0.5) is 0 Å². The maximum atomic E-state index is 13.1. The highest BCUT2D eigenvalue weighted by atomic mass is 16.2. The van der Waals surface area contributed by atoms with E-state index in [9.17, 15) is 9.59 Å². The topological polar surface area (TPSA) is 83.9 Å². The van der Waals surface area contributed by atoms with Gasteiger partial charge in [0.15, 0.2) is 5.69 Å². The first-order valence-electron chi connectivity index (χ1n) is 9.55. The summed E-state index contributed by atoms with van der Waals surface area (Å²) in [5.74, 6) is -0.0795. The Bertz CT molecular complexity index is 1080. The first-order valence-corrected chi connectivity index (χ1v) is 9.55. The number of hydrogen-bond donors (Lipinski definition) is 1. The number of benzene rings is 1. The second kappa shape index (κ2) is 6.33. The van der Waals surface area contributed by atoms with E-state index >= 15 is 0 Å². The number of aromatic nitrogens is 4. The average molecular weight is 363 g/mol. The molecular formula is C20H21N5O2. The zero-order valence-corrected chi connectivity index (χ0v) is 15.0. The van der Waals surface area contributed by atoms with Crippen molar-refractivity contribution in [3.8, 4) is 0 Å². The molecule has 0 spiro atoms. The molecule has 7 nitrogen and oxygen atoms in total. The van der Waals surface area contributed by atoms with Gasteiger partial charge in [-0.2, -0.15) is 10.2 Å². The van der Waals surface area contributed by atoms with Gasteiger partial charge in [-0.3, -0.25) is 14.7 Å². The van der Waals surface area contributed by atoms with Crippen molar-refractivity contribution in [1.82, 2.24) is 24.9 Å². The van der Waals surface area contributed by atoms with Crippen LogP contribution in [0.25, 0.3) is 10.9 Å². The van der Waals surface area contributed by atoms with Gasteiger partial charge >= 0.3 is 0 Å². The van der Waals surface area contributed by atoms with Crippen molar-refractivity contribution in [3.63, 3.8) is 0 Å². The summed E-state index contributed by atoms with van der Waals surface area (Å²) in [6.45, 7) is 1.13. The number of fused-ring (bicyclic) bond motifs is 2. The minimum absolute atomic E-state index is 0.0300. The van der Waals surface area contributed by atoms with E-state index in [1.54, 1.807) is 10.7 Å². The summed E-state index contributed by atoms with van der Waals surface area (Å²) in [4.78, 5) is 27.4. The van der Waals surface area contributed by atoms with Gasteiger partial charge in [-0.05, 0) is 43.7 Å². The maximum absolute atomic E-state index is 13.1. The number of aromatic amines is 1. The third-order valence-electron chi connectivity index (χ3n) is 5.72. The number of H-pyrrole nitrogens is 1. The highest BCUT2D eigenvalue weighted by molar-refractivity contribution is 6.04. The molecule has 5 rings (SSSR count). The number of rotatable bonds is 3. The quantitative estimate of drug-likeness (QED) is 0.770. The van der Waals surface area contributed by atoms with E-state index in [-0.39, 0.29) is 17.5 Å². The van der Waals surface area contributed by atoms with E-state index < -0.39 is 0 Å². The van der Waals surface area contributed by atoms with Crippen molar-refractivity contribution in [1.29, 1.82) is 0 Å². The first kappa shape index (κ1) is 16.2. The van der Waals surface area contributed by atoms with E-state index in [1.807, 2.05) is 29.2 Å². The van der Waals surface area contributed by atoms with Gasteiger partial charge in [0.25, 0.3) is 11.5 Å². The summed E-state index contributed by atoms with van der Waals surface area (Å²) in [5.41, 5.74) is 3.35. The molecule has 1 aromatic carbocycles. The number of nitrogens with zero attached hydrogens (tertiary/aromatic N) is 4. The fourth-order valence-corrected chi connectivity index (χ4v) is 4.33. The summed E-state index contributed by atoms with van der Waals surface area (Å²) in [6, 6.07) is 9.33. The van der Waals surface area contributed by atoms with Gasteiger partial charge in [0.2, 0.25) is 0 Å². The van der Waals surface area contributed by atoms with Gasteiger partial charge in [0, 0.05) is 18.0 Å². The van der Waals surface area contributed by atoms with E-state index in [2.05, 4.69) is 15.3 Å². The highest BCUT2D eigenvalue weighted by Crippen LogP contribution is 2.24. The summed E-state index contributed by atoms with van der Waals surface area (Å²) in [7, 11) is 0. The second-order valence-electron chi connectivity index (χ2n) is 7.40. The van der Waals surface area contributed by atoms with E-state index in [4.69, 9.17) is 0 Å². The van der Waals surface area contributed by atoms with Crippen molar-refractivity contribution >= 4 is 16.8 Å². The van der Waals surface area contributed by atoms with Crippen molar-refractivity contribution in [2.24, 2.45) is 0 Å². The molecule has 0 radical (unpaired) electrons. The zero-order valence-electron chi connectivity index (χ0n) is 15.0. The average Bonchev–Trinajstić information content (AvgIpc) is 3.40. The molecule has 2 aliphatic rings. The molecule has 3 heterocycles. The van der Waals surface area contributed by atoms with Crippen LogP contribution in [-0.2, 0) is 19.4 Å². The smallest absolute Gasteiger partial charge is 0.275 e. The molecule has 1 N–H and O–H groups in total. The maximum Gasteiger partial charge on any atom is 0.275 e. The molecule has 3 aromatic rings. The Balaban J connectivity index is 1.42.